The third kappa shape index (κ3) is 3.97. The molecule has 0 radical (unpaired) electrons. The zero-order valence-electron chi connectivity index (χ0n) is 11.8. The van der Waals surface area contributed by atoms with Gasteiger partial charge in [-0.05, 0) is 36.6 Å². The molecule has 0 aliphatic carbocycles. The number of methoxy groups -OCH3 is 1. The van der Waals surface area contributed by atoms with Crippen LogP contribution in [-0.4, -0.2) is 42.1 Å². The van der Waals surface area contributed by atoms with E-state index in [0.29, 0.717) is 25.3 Å². The molecule has 1 atom stereocenters. The van der Waals surface area contributed by atoms with Crippen LogP contribution < -0.4 is 4.74 Å². The van der Waals surface area contributed by atoms with E-state index in [9.17, 15) is 9.59 Å². The number of carboxylic acids is 1. The summed E-state index contributed by atoms with van der Waals surface area (Å²) in [4.78, 5) is 25.1. The number of halogens is 1. The van der Waals surface area contributed by atoms with Crippen LogP contribution in [0.2, 0.25) is 0 Å². The molecular weight excluding hydrogens is 338 g/mol. The lowest BCUT2D eigenvalue weighted by Gasteiger charge is -2.31. The van der Waals surface area contributed by atoms with E-state index in [-0.39, 0.29) is 12.3 Å². The van der Waals surface area contributed by atoms with E-state index in [1.807, 2.05) is 18.2 Å². The molecule has 1 aliphatic heterocycles. The molecule has 1 aliphatic rings. The predicted molar refractivity (Wildman–Crippen MR) is 81.3 cm³/mol. The number of benzene rings is 1. The third-order valence-electron chi connectivity index (χ3n) is 3.72. The molecule has 1 fully saturated rings. The van der Waals surface area contributed by atoms with E-state index in [0.717, 1.165) is 16.5 Å². The zero-order valence-corrected chi connectivity index (χ0v) is 13.4. The van der Waals surface area contributed by atoms with Crippen LogP contribution in [0.25, 0.3) is 0 Å². The maximum Gasteiger partial charge on any atom is 0.308 e. The Kier molecular flexibility index (Phi) is 5.22. The van der Waals surface area contributed by atoms with Gasteiger partial charge in [0.1, 0.15) is 5.75 Å². The van der Waals surface area contributed by atoms with Gasteiger partial charge in [0, 0.05) is 17.6 Å². The summed E-state index contributed by atoms with van der Waals surface area (Å²) < 4.78 is 6.01. The van der Waals surface area contributed by atoms with Crippen molar-refractivity contribution in [1.82, 2.24) is 4.90 Å². The highest BCUT2D eigenvalue weighted by Crippen LogP contribution is 2.24. The Morgan fingerprint density at radius 3 is 2.90 bits per heavy atom. The smallest absolute Gasteiger partial charge is 0.308 e. The molecule has 1 aromatic rings. The first kappa shape index (κ1) is 15.8. The molecule has 114 valence electrons. The minimum Gasteiger partial charge on any atom is -0.497 e. The third-order valence-corrected chi connectivity index (χ3v) is 4.49. The second kappa shape index (κ2) is 6.93. The van der Waals surface area contributed by atoms with Gasteiger partial charge in [0.05, 0.1) is 19.4 Å². The molecule has 1 heterocycles. The minimum atomic E-state index is -0.824. The van der Waals surface area contributed by atoms with Crippen LogP contribution in [0.4, 0.5) is 0 Å². The maximum atomic E-state index is 12.4. The van der Waals surface area contributed by atoms with Gasteiger partial charge in [0.15, 0.2) is 0 Å². The maximum absolute atomic E-state index is 12.4. The van der Waals surface area contributed by atoms with Crippen molar-refractivity contribution in [2.24, 2.45) is 5.92 Å². The molecule has 2 rings (SSSR count). The molecule has 6 heteroatoms. The number of nitrogens with zero attached hydrogens (tertiary/aromatic N) is 1. The second-order valence-corrected chi connectivity index (χ2v) is 6.01. The summed E-state index contributed by atoms with van der Waals surface area (Å²) in [6.07, 6.45) is 1.62. The SMILES string of the molecule is COc1ccc(Br)c(CC(=O)N2CCC[C@@H](C(=O)O)C2)c1. The van der Waals surface area contributed by atoms with Gasteiger partial charge < -0.3 is 14.7 Å². The highest BCUT2D eigenvalue weighted by molar-refractivity contribution is 9.10. The van der Waals surface area contributed by atoms with Crippen LogP contribution in [0, 0.1) is 5.92 Å². The Bertz CT molecular complexity index is 546. The number of rotatable bonds is 4. The van der Waals surface area contributed by atoms with Gasteiger partial charge in [0.2, 0.25) is 5.91 Å². The molecule has 1 saturated heterocycles. The minimum absolute atomic E-state index is 0.0464. The summed E-state index contributed by atoms with van der Waals surface area (Å²) >= 11 is 3.43. The molecule has 0 unspecified atom stereocenters. The molecular formula is C15H18BrNO4. The number of hydrogen-bond donors (Lipinski definition) is 1. The zero-order chi connectivity index (χ0) is 15.4. The van der Waals surface area contributed by atoms with Gasteiger partial charge in [-0.2, -0.15) is 0 Å². The van der Waals surface area contributed by atoms with E-state index >= 15 is 0 Å². The molecule has 1 N–H and O–H groups in total. The van der Waals surface area contributed by atoms with Gasteiger partial charge in [-0.3, -0.25) is 9.59 Å². The number of carboxylic acid groups (broad SMARTS) is 1. The Morgan fingerprint density at radius 1 is 1.48 bits per heavy atom. The predicted octanol–water partition coefficient (Wildman–Crippen LogP) is 2.32. The van der Waals surface area contributed by atoms with Gasteiger partial charge in [-0.15, -0.1) is 0 Å². The van der Waals surface area contributed by atoms with Crippen molar-refractivity contribution in [1.29, 1.82) is 0 Å². The quantitative estimate of drug-likeness (QED) is 0.899. The number of aliphatic carboxylic acids is 1. The molecule has 5 nitrogen and oxygen atoms in total. The summed E-state index contributed by atoms with van der Waals surface area (Å²) in [6, 6.07) is 5.48. The standard InChI is InChI=1S/C15H18BrNO4/c1-21-12-4-5-13(16)11(7-12)8-14(18)17-6-2-3-10(9-17)15(19)20/h4-5,7,10H,2-3,6,8-9H2,1H3,(H,19,20)/t10-/m1/s1. The number of ether oxygens (including phenoxy) is 1. The summed E-state index contributed by atoms with van der Waals surface area (Å²) in [6.45, 7) is 0.931. The second-order valence-electron chi connectivity index (χ2n) is 5.15. The monoisotopic (exact) mass is 355 g/mol. The van der Waals surface area contributed by atoms with Crippen molar-refractivity contribution in [3.05, 3.63) is 28.2 Å². The molecule has 0 spiro atoms. The van der Waals surface area contributed by atoms with E-state index in [1.165, 1.54) is 0 Å². The Morgan fingerprint density at radius 2 is 2.24 bits per heavy atom. The largest absolute Gasteiger partial charge is 0.497 e. The summed E-state index contributed by atoms with van der Waals surface area (Å²) in [7, 11) is 1.58. The first-order valence-electron chi connectivity index (χ1n) is 6.84. The average molecular weight is 356 g/mol. The highest BCUT2D eigenvalue weighted by Gasteiger charge is 2.28. The normalized spacial score (nSPS) is 18.4. The van der Waals surface area contributed by atoms with Crippen LogP contribution >= 0.6 is 15.9 Å². The van der Waals surface area contributed by atoms with Crippen LogP contribution in [0.3, 0.4) is 0 Å². The summed E-state index contributed by atoms with van der Waals surface area (Å²) in [5, 5.41) is 9.08. The molecule has 0 saturated carbocycles. The number of amides is 1. The van der Waals surface area contributed by atoms with Crippen LogP contribution in [0.15, 0.2) is 22.7 Å². The van der Waals surface area contributed by atoms with Gasteiger partial charge >= 0.3 is 5.97 Å². The van der Waals surface area contributed by atoms with Crippen molar-refractivity contribution in [3.8, 4) is 5.75 Å². The van der Waals surface area contributed by atoms with Crippen LogP contribution in [-0.2, 0) is 16.0 Å². The lowest BCUT2D eigenvalue weighted by atomic mass is 9.97. The number of hydrogen-bond acceptors (Lipinski definition) is 3. The summed E-state index contributed by atoms with van der Waals surface area (Å²) in [5.41, 5.74) is 0.844. The van der Waals surface area contributed by atoms with E-state index < -0.39 is 11.9 Å². The molecule has 0 bridgehead atoms. The van der Waals surface area contributed by atoms with Gasteiger partial charge in [0.25, 0.3) is 0 Å². The van der Waals surface area contributed by atoms with E-state index in [2.05, 4.69) is 15.9 Å². The lowest BCUT2D eigenvalue weighted by molar-refractivity contribution is -0.145. The topological polar surface area (TPSA) is 66.8 Å². The summed E-state index contributed by atoms with van der Waals surface area (Å²) in [5.74, 6) is -0.621. The fraction of sp³-hybridized carbons (Fsp3) is 0.467. The van der Waals surface area contributed by atoms with Crippen LogP contribution in [0.1, 0.15) is 18.4 Å². The lowest BCUT2D eigenvalue weighted by Crippen LogP contribution is -2.43. The van der Waals surface area contributed by atoms with Crippen molar-refractivity contribution in [2.45, 2.75) is 19.3 Å². The molecule has 21 heavy (non-hydrogen) atoms. The Hall–Kier alpha value is -1.56. The fourth-order valence-electron chi connectivity index (χ4n) is 2.49. The van der Waals surface area contributed by atoms with E-state index in [4.69, 9.17) is 9.84 Å². The number of likely N-dealkylation sites (tertiary alicyclic amines) is 1. The first-order chi connectivity index (χ1) is 10.0. The molecule has 0 aromatic heterocycles. The van der Waals surface area contributed by atoms with Gasteiger partial charge in [-0.25, -0.2) is 0 Å². The number of carbonyl (C=O) groups excluding carboxylic acids is 1. The Labute approximate surface area is 132 Å². The van der Waals surface area contributed by atoms with Crippen molar-refractivity contribution in [3.63, 3.8) is 0 Å². The number of piperidine rings is 1. The van der Waals surface area contributed by atoms with Gasteiger partial charge in [-0.1, -0.05) is 15.9 Å². The number of carbonyl (C=O) groups is 2. The van der Waals surface area contributed by atoms with Crippen molar-refractivity contribution in [2.75, 3.05) is 20.2 Å². The highest BCUT2D eigenvalue weighted by atomic mass is 79.9. The average Bonchev–Trinajstić information content (AvgIpc) is 2.49. The first-order valence-corrected chi connectivity index (χ1v) is 7.63. The molecule has 1 aromatic carbocycles. The molecule has 1 amide bonds. The van der Waals surface area contributed by atoms with Crippen molar-refractivity contribution < 1.29 is 19.4 Å². The van der Waals surface area contributed by atoms with E-state index in [1.54, 1.807) is 12.0 Å². The fourth-order valence-corrected chi connectivity index (χ4v) is 2.88. The van der Waals surface area contributed by atoms with Crippen LogP contribution in [0.5, 0.6) is 5.75 Å². The Balaban J connectivity index is 2.05. The van der Waals surface area contributed by atoms with Crippen molar-refractivity contribution >= 4 is 27.8 Å².